The lowest BCUT2D eigenvalue weighted by Crippen LogP contribution is -2.40. The van der Waals surface area contributed by atoms with Gasteiger partial charge in [0.05, 0.1) is 47.2 Å². The number of hydrogen-bond acceptors (Lipinski definition) is 9. The van der Waals surface area contributed by atoms with Gasteiger partial charge in [-0.1, -0.05) is 77.0 Å². The highest BCUT2D eigenvalue weighted by Crippen LogP contribution is 2.37. The molecule has 1 atom stereocenters. The smallest absolute Gasteiger partial charge is 0.344 e. The molecule has 0 saturated heterocycles. The van der Waals surface area contributed by atoms with Gasteiger partial charge in [-0.2, -0.15) is 0 Å². The van der Waals surface area contributed by atoms with Crippen LogP contribution in [0.2, 0.25) is 10.0 Å². The van der Waals surface area contributed by atoms with E-state index in [2.05, 4.69) is 0 Å². The predicted molar refractivity (Wildman–Crippen MR) is 173 cm³/mol. The largest absolute Gasteiger partial charge is 0.493 e. The van der Waals surface area contributed by atoms with Crippen LogP contribution in [0.3, 0.4) is 0 Å². The summed E-state index contributed by atoms with van der Waals surface area (Å²) in [7, 11) is 1.44. The van der Waals surface area contributed by atoms with Gasteiger partial charge in [0.25, 0.3) is 5.56 Å². The van der Waals surface area contributed by atoms with Gasteiger partial charge in [-0.3, -0.25) is 9.36 Å². The average molecular weight is 668 g/mol. The molecule has 0 unspecified atom stereocenters. The Hall–Kier alpha value is -4.38. The number of carbonyl (C=O) groups is 2. The Labute approximate surface area is 272 Å². The van der Waals surface area contributed by atoms with Crippen LogP contribution in [0.15, 0.2) is 82.1 Å². The minimum atomic E-state index is -0.841. The Balaban J connectivity index is 1.69. The molecular formula is C33H28Cl2N2O7S. The topological polar surface area (TPSA) is 105 Å². The molecule has 1 aliphatic heterocycles. The second-order valence-electron chi connectivity index (χ2n) is 9.61. The van der Waals surface area contributed by atoms with E-state index in [1.807, 2.05) is 30.3 Å². The van der Waals surface area contributed by atoms with Crippen LogP contribution < -0.4 is 24.4 Å². The monoisotopic (exact) mass is 666 g/mol. The van der Waals surface area contributed by atoms with E-state index in [9.17, 15) is 14.4 Å². The second kappa shape index (κ2) is 14.2. The summed E-state index contributed by atoms with van der Waals surface area (Å²) < 4.78 is 23.3. The van der Waals surface area contributed by atoms with Gasteiger partial charge in [0.2, 0.25) is 0 Å². The highest BCUT2D eigenvalue weighted by Gasteiger charge is 2.35. The maximum absolute atomic E-state index is 14.1. The third-order valence-corrected chi connectivity index (χ3v) is 8.26. The number of nitrogens with zero attached hydrogens (tertiary/aromatic N) is 2. The molecule has 0 bridgehead atoms. The van der Waals surface area contributed by atoms with E-state index < -0.39 is 18.0 Å². The predicted octanol–water partition coefficient (Wildman–Crippen LogP) is 5.19. The lowest BCUT2D eigenvalue weighted by molar-refractivity contribution is -0.145. The Morgan fingerprint density at radius 3 is 2.38 bits per heavy atom. The first-order valence-electron chi connectivity index (χ1n) is 14.0. The number of fused-ring (bicyclic) bond motifs is 1. The summed E-state index contributed by atoms with van der Waals surface area (Å²) in [6.45, 7) is 3.43. The number of benzene rings is 3. The average Bonchev–Trinajstić information content (AvgIpc) is 3.34. The van der Waals surface area contributed by atoms with E-state index >= 15 is 0 Å². The van der Waals surface area contributed by atoms with Crippen LogP contribution in [-0.4, -0.2) is 43.4 Å². The number of rotatable bonds is 10. The molecule has 3 aromatic carbocycles. The number of esters is 2. The van der Waals surface area contributed by atoms with Gasteiger partial charge >= 0.3 is 11.9 Å². The molecular weight excluding hydrogens is 639 g/mol. The molecule has 1 aliphatic rings. The van der Waals surface area contributed by atoms with E-state index in [1.54, 1.807) is 56.3 Å². The normalized spacial score (nSPS) is 14.4. The van der Waals surface area contributed by atoms with Crippen LogP contribution in [0.1, 0.15) is 36.6 Å². The van der Waals surface area contributed by atoms with E-state index in [1.165, 1.54) is 23.0 Å². The number of thiazole rings is 1. The molecule has 12 heteroatoms. The van der Waals surface area contributed by atoms with Crippen molar-refractivity contribution in [1.29, 1.82) is 0 Å². The Kier molecular flexibility index (Phi) is 10.1. The van der Waals surface area contributed by atoms with Gasteiger partial charge in [-0.25, -0.2) is 14.6 Å². The van der Waals surface area contributed by atoms with Gasteiger partial charge < -0.3 is 18.9 Å². The van der Waals surface area contributed by atoms with Crippen LogP contribution in [0.4, 0.5) is 0 Å². The number of halogens is 2. The van der Waals surface area contributed by atoms with E-state index in [0.29, 0.717) is 36.7 Å². The van der Waals surface area contributed by atoms with Crippen molar-refractivity contribution in [3.63, 3.8) is 0 Å². The molecule has 4 aromatic rings. The number of methoxy groups -OCH3 is 1. The van der Waals surface area contributed by atoms with Crippen molar-refractivity contribution in [3.05, 3.63) is 119 Å². The molecule has 1 aromatic heterocycles. The lowest BCUT2D eigenvalue weighted by Gasteiger charge is -2.25. The summed E-state index contributed by atoms with van der Waals surface area (Å²) in [6, 6.07) is 18.6. The van der Waals surface area contributed by atoms with Crippen LogP contribution in [0.5, 0.6) is 11.5 Å². The minimum Gasteiger partial charge on any atom is -0.493 e. The fraction of sp³-hybridized carbons (Fsp3) is 0.212. The Bertz CT molecular complexity index is 1950. The summed E-state index contributed by atoms with van der Waals surface area (Å²) in [5.74, 6) is -0.696. The molecule has 5 rings (SSSR count). The minimum absolute atomic E-state index is 0.143. The Morgan fingerprint density at radius 2 is 1.71 bits per heavy atom. The third-order valence-electron chi connectivity index (χ3n) is 6.75. The summed E-state index contributed by atoms with van der Waals surface area (Å²) >= 11 is 13.9. The van der Waals surface area contributed by atoms with E-state index in [0.717, 1.165) is 0 Å². The molecule has 0 spiro atoms. The van der Waals surface area contributed by atoms with Crippen LogP contribution in [0, 0.1) is 0 Å². The summed E-state index contributed by atoms with van der Waals surface area (Å²) in [5, 5.41) is 0.685. The van der Waals surface area contributed by atoms with Crippen molar-refractivity contribution < 1.29 is 28.5 Å². The molecule has 45 heavy (non-hydrogen) atoms. The molecule has 0 N–H and O–H groups in total. The number of ether oxygens (including phenoxy) is 4. The first kappa shape index (κ1) is 32.0. The van der Waals surface area contributed by atoms with Gasteiger partial charge in [-0.15, -0.1) is 0 Å². The zero-order chi connectivity index (χ0) is 32.1. The maximum atomic E-state index is 14.1. The van der Waals surface area contributed by atoms with Crippen molar-refractivity contribution in [3.8, 4) is 11.5 Å². The zero-order valence-electron chi connectivity index (χ0n) is 24.5. The summed E-state index contributed by atoms with van der Waals surface area (Å²) in [4.78, 5) is 44.7. The number of hydrogen-bond donors (Lipinski definition) is 0. The first-order chi connectivity index (χ1) is 21.7. The van der Waals surface area contributed by atoms with Crippen molar-refractivity contribution in [1.82, 2.24) is 4.57 Å². The fourth-order valence-electron chi connectivity index (χ4n) is 4.85. The van der Waals surface area contributed by atoms with Crippen LogP contribution in [-0.2, 0) is 19.1 Å². The standard InChI is InChI=1S/C33H28Cl2N2O7S/c1-4-42-26(38)18-44-30-23(35)15-19(16-24(30)41-3)17-25-31(39)37-29(21-11-13-22(34)14-12-21)27(32(40)43-5-2)28(36-33(37)45-25)20-9-7-6-8-10-20/h6-17,29H,4-5,18H2,1-3H3/b25-17-/t29-/m1/s1. The zero-order valence-corrected chi connectivity index (χ0v) is 26.9. The number of carbonyl (C=O) groups excluding carboxylic acids is 2. The number of aromatic nitrogens is 1. The molecule has 0 amide bonds. The van der Waals surface area contributed by atoms with E-state index in [-0.39, 0.29) is 47.5 Å². The first-order valence-corrected chi connectivity index (χ1v) is 15.5. The molecule has 0 radical (unpaired) electrons. The second-order valence-corrected chi connectivity index (χ2v) is 11.5. The molecule has 0 fully saturated rings. The van der Waals surface area contributed by atoms with Gasteiger partial charge in [-0.05, 0) is 55.3 Å². The van der Waals surface area contributed by atoms with Gasteiger partial charge in [0, 0.05) is 10.6 Å². The molecule has 0 saturated carbocycles. The van der Waals surface area contributed by atoms with Crippen molar-refractivity contribution in [2.24, 2.45) is 4.99 Å². The molecule has 232 valence electrons. The highest BCUT2D eigenvalue weighted by atomic mass is 35.5. The van der Waals surface area contributed by atoms with Crippen LogP contribution in [0.25, 0.3) is 11.8 Å². The Morgan fingerprint density at radius 1 is 1.00 bits per heavy atom. The quantitative estimate of drug-likeness (QED) is 0.215. The summed E-state index contributed by atoms with van der Waals surface area (Å²) in [6.07, 6.45) is 1.66. The highest BCUT2D eigenvalue weighted by molar-refractivity contribution is 7.07. The maximum Gasteiger partial charge on any atom is 0.344 e. The van der Waals surface area contributed by atoms with Crippen LogP contribution >= 0.6 is 34.5 Å². The molecule has 0 aliphatic carbocycles. The summed E-state index contributed by atoms with van der Waals surface area (Å²) in [5.41, 5.74) is 2.18. The molecule has 9 nitrogen and oxygen atoms in total. The van der Waals surface area contributed by atoms with Crippen molar-refractivity contribution in [2.75, 3.05) is 26.9 Å². The van der Waals surface area contributed by atoms with Crippen molar-refractivity contribution >= 4 is 58.3 Å². The fourth-order valence-corrected chi connectivity index (χ4v) is 6.25. The third kappa shape index (κ3) is 6.83. The van der Waals surface area contributed by atoms with E-state index in [4.69, 9.17) is 47.1 Å². The lowest BCUT2D eigenvalue weighted by atomic mass is 9.93. The van der Waals surface area contributed by atoms with Gasteiger partial charge in [0.15, 0.2) is 22.9 Å². The molecule has 2 heterocycles. The SMILES string of the molecule is CCOC(=O)COc1c(Cl)cc(/C=c2\sc3n(c2=O)[C@H](c2ccc(Cl)cc2)C(C(=O)OCC)=C(c2ccccc2)N=3)cc1OC. The van der Waals surface area contributed by atoms with Crippen molar-refractivity contribution in [2.45, 2.75) is 19.9 Å². The van der Waals surface area contributed by atoms with Gasteiger partial charge in [0.1, 0.15) is 0 Å².